The van der Waals surface area contributed by atoms with Crippen LogP contribution in [0.15, 0.2) is 60.3 Å². The van der Waals surface area contributed by atoms with Crippen molar-refractivity contribution in [3.8, 4) is 5.75 Å². The summed E-state index contributed by atoms with van der Waals surface area (Å²) in [6.45, 7) is 2.02. The van der Waals surface area contributed by atoms with Crippen molar-refractivity contribution in [3.05, 3.63) is 71.5 Å². The maximum atomic E-state index is 11.3. The van der Waals surface area contributed by atoms with E-state index in [9.17, 15) is 4.79 Å². The molecule has 112 valence electrons. The molecular weight excluding hydrogens is 276 g/mol. The number of hydrogen-bond acceptors (Lipinski definition) is 3. The lowest BCUT2D eigenvalue weighted by molar-refractivity contribution is -0.145. The molecule has 2 aromatic carbocycles. The summed E-state index contributed by atoms with van der Waals surface area (Å²) in [6, 6.07) is 17.4. The smallest absolute Gasteiger partial charge is 0.344 e. The van der Waals surface area contributed by atoms with Gasteiger partial charge in [0.1, 0.15) is 5.75 Å². The molecule has 0 unspecified atom stereocenters. The Hall–Kier alpha value is -2.77. The lowest BCUT2D eigenvalue weighted by Crippen LogP contribution is -2.14. The summed E-state index contributed by atoms with van der Waals surface area (Å²) >= 11 is 0. The van der Waals surface area contributed by atoms with Crippen molar-refractivity contribution >= 4 is 18.1 Å². The van der Waals surface area contributed by atoms with E-state index < -0.39 is 0 Å². The minimum atomic E-state index is -0.374. The van der Waals surface area contributed by atoms with E-state index in [1.807, 2.05) is 66.7 Å². The minimum Gasteiger partial charge on any atom is -0.481 e. The Balaban J connectivity index is 2.08. The average Bonchev–Trinajstić information content (AvgIpc) is 2.55. The van der Waals surface area contributed by atoms with Crippen LogP contribution in [0.5, 0.6) is 5.75 Å². The first-order chi connectivity index (χ1) is 10.8. The van der Waals surface area contributed by atoms with E-state index in [1.54, 1.807) is 6.92 Å². The molecule has 0 saturated heterocycles. The van der Waals surface area contributed by atoms with Gasteiger partial charge in [-0.2, -0.15) is 0 Å². The second-order valence-electron chi connectivity index (χ2n) is 4.50. The minimum absolute atomic E-state index is 0.0961. The van der Waals surface area contributed by atoms with Crippen LogP contribution in [0.3, 0.4) is 0 Å². The summed E-state index contributed by atoms with van der Waals surface area (Å²) in [6.07, 6.45) is 3.72. The van der Waals surface area contributed by atoms with Gasteiger partial charge in [0.15, 0.2) is 6.61 Å². The van der Waals surface area contributed by atoms with Crippen molar-refractivity contribution in [2.45, 2.75) is 6.92 Å². The fraction of sp³-hybridized carbons (Fsp3) is 0.158. The van der Waals surface area contributed by atoms with Gasteiger partial charge in [0.25, 0.3) is 0 Å². The van der Waals surface area contributed by atoms with E-state index in [4.69, 9.17) is 9.47 Å². The van der Waals surface area contributed by atoms with Crippen molar-refractivity contribution in [1.82, 2.24) is 0 Å². The molecule has 0 aliphatic carbocycles. The van der Waals surface area contributed by atoms with Gasteiger partial charge in [-0.15, -0.1) is 5.73 Å². The van der Waals surface area contributed by atoms with Gasteiger partial charge in [-0.1, -0.05) is 48.5 Å². The van der Waals surface area contributed by atoms with Gasteiger partial charge in [0.05, 0.1) is 6.61 Å². The molecule has 0 N–H and O–H groups in total. The Morgan fingerprint density at radius 1 is 1.05 bits per heavy atom. The van der Waals surface area contributed by atoms with Crippen molar-refractivity contribution in [3.63, 3.8) is 0 Å². The van der Waals surface area contributed by atoms with Gasteiger partial charge in [0, 0.05) is 5.56 Å². The van der Waals surface area contributed by atoms with Crippen LogP contribution in [0.1, 0.15) is 18.1 Å². The SMILES string of the molecule is CCOC(=O)COc1ccccc1C=C=Cc1ccccc1. The van der Waals surface area contributed by atoms with Crippen LogP contribution in [0.4, 0.5) is 0 Å². The molecule has 0 aliphatic rings. The molecule has 0 aliphatic heterocycles. The molecule has 0 fully saturated rings. The number of benzene rings is 2. The standard InChI is InChI=1S/C19H18O3/c1-2-21-19(20)15-22-18-14-7-6-12-17(18)13-8-11-16-9-4-3-5-10-16/h3-7,9-14H,2,15H2,1H3. The predicted octanol–water partition coefficient (Wildman–Crippen LogP) is 3.95. The molecule has 22 heavy (non-hydrogen) atoms. The molecule has 3 heteroatoms. The summed E-state index contributed by atoms with van der Waals surface area (Å²) in [7, 11) is 0. The van der Waals surface area contributed by atoms with Crippen LogP contribution >= 0.6 is 0 Å². The van der Waals surface area contributed by atoms with Gasteiger partial charge in [-0.3, -0.25) is 0 Å². The maximum absolute atomic E-state index is 11.3. The third-order valence-electron chi connectivity index (χ3n) is 2.86. The molecule has 2 rings (SSSR count). The summed E-state index contributed by atoms with van der Waals surface area (Å²) in [4.78, 5) is 11.3. The van der Waals surface area contributed by atoms with E-state index >= 15 is 0 Å². The zero-order chi connectivity index (χ0) is 15.6. The second-order valence-corrected chi connectivity index (χ2v) is 4.50. The van der Waals surface area contributed by atoms with Gasteiger partial charge >= 0.3 is 5.97 Å². The topological polar surface area (TPSA) is 35.5 Å². The van der Waals surface area contributed by atoms with Crippen molar-refractivity contribution in [2.24, 2.45) is 0 Å². The monoisotopic (exact) mass is 294 g/mol. The van der Waals surface area contributed by atoms with E-state index in [1.165, 1.54) is 0 Å². The van der Waals surface area contributed by atoms with Crippen LogP contribution in [-0.2, 0) is 9.53 Å². The molecule has 0 amide bonds. The number of carbonyl (C=O) groups excluding carboxylic acids is 1. The van der Waals surface area contributed by atoms with Crippen LogP contribution < -0.4 is 4.74 Å². The highest BCUT2D eigenvalue weighted by atomic mass is 16.6. The van der Waals surface area contributed by atoms with Gasteiger partial charge in [-0.25, -0.2) is 4.79 Å². The zero-order valence-corrected chi connectivity index (χ0v) is 12.5. The van der Waals surface area contributed by atoms with Crippen LogP contribution in [0.2, 0.25) is 0 Å². The number of rotatable bonds is 6. The van der Waals surface area contributed by atoms with E-state index in [0.717, 1.165) is 11.1 Å². The highest BCUT2D eigenvalue weighted by Crippen LogP contribution is 2.19. The molecule has 0 spiro atoms. The number of hydrogen-bond donors (Lipinski definition) is 0. The van der Waals surface area contributed by atoms with Crippen LogP contribution in [0, 0.1) is 0 Å². The lowest BCUT2D eigenvalue weighted by Gasteiger charge is -2.07. The molecule has 0 radical (unpaired) electrons. The Morgan fingerprint density at radius 3 is 2.55 bits per heavy atom. The Bertz CT molecular complexity index is 668. The summed E-state index contributed by atoms with van der Waals surface area (Å²) in [5.74, 6) is 0.255. The van der Waals surface area contributed by atoms with E-state index in [-0.39, 0.29) is 12.6 Å². The third-order valence-corrected chi connectivity index (χ3v) is 2.86. The molecular formula is C19H18O3. The fourth-order valence-corrected chi connectivity index (χ4v) is 1.85. The molecule has 0 heterocycles. The van der Waals surface area contributed by atoms with Crippen molar-refractivity contribution < 1.29 is 14.3 Å². The first-order valence-corrected chi connectivity index (χ1v) is 7.14. The van der Waals surface area contributed by atoms with Crippen molar-refractivity contribution in [2.75, 3.05) is 13.2 Å². The van der Waals surface area contributed by atoms with Crippen molar-refractivity contribution in [1.29, 1.82) is 0 Å². The number of esters is 1. The first-order valence-electron chi connectivity index (χ1n) is 7.14. The molecule has 0 aromatic heterocycles. The largest absolute Gasteiger partial charge is 0.481 e. The van der Waals surface area contributed by atoms with Crippen LogP contribution in [0.25, 0.3) is 12.2 Å². The normalized spacial score (nSPS) is 9.50. The Labute approximate surface area is 130 Å². The first kappa shape index (κ1) is 15.6. The average molecular weight is 294 g/mol. The number of ether oxygens (including phenoxy) is 2. The fourth-order valence-electron chi connectivity index (χ4n) is 1.85. The zero-order valence-electron chi connectivity index (χ0n) is 12.5. The highest BCUT2D eigenvalue weighted by Gasteiger charge is 2.05. The number of carbonyl (C=O) groups is 1. The number of para-hydroxylation sites is 1. The molecule has 3 nitrogen and oxygen atoms in total. The Kier molecular flexibility index (Phi) is 6.03. The van der Waals surface area contributed by atoms with E-state index in [2.05, 4.69) is 5.73 Å². The predicted molar refractivity (Wildman–Crippen MR) is 87.5 cm³/mol. The third kappa shape index (κ3) is 4.97. The van der Waals surface area contributed by atoms with Gasteiger partial charge in [0.2, 0.25) is 0 Å². The summed E-state index contributed by atoms with van der Waals surface area (Å²) < 4.78 is 10.3. The lowest BCUT2D eigenvalue weighted by atomic mass is 10.2. The molecule has 0 bridgehead atoms. The quantitative estimate of drug-likeness (QED) is 0.597. The summed E-state index contributed by atoms with van der Waals surface area (Å²) in [5, 5.41) is 0. The maximum Gasteiger partial charge on any atom is 0.344 e. The second kappa shape index (κ2) is 8.50. The molecule has 0 saturated carbocycles. The van der Waals surface area contributed by atoms with Crippen LogP contribution in [-0.4, -0.2) is 19.2 Å². The van der Waals surface area contributed by atoms with Gasteiger partial charge < -0.3 is 9.47 Å². The summed E-state index contributed by atoms with van der Waals surface area (Å²) in [5.41, 5.74) is 5.06. The highest BCUT2D eigenvalue weighted by molar-refractivity contribution is 5.71. The molecule has 2 aromatic rings. The van der Waals surface area contributed by atoms with E-state index in [0.29, 0.717) is 12.4 Å². The molecule has 0 atom stereocenters. The van der Waals surface area contributed by atoms with Gasteiger partial charge in [-0.05, 0) is 30.7 Å². The Morgan fingerprint density at radius 2 is 1.77 bits per heavy atom.